The fourth-order valence-corrected chi connectivity index (χ4v) is 2.26. The van der Waals surface area contributed by atoms with Gasteiger partial charge in [0.2, 0.25) is 0 Å². The molecule has 0 unspecified atom stereocenters. The van der Waals surface area contributed by atoms with Crippen LogP contribution in [0.1, 0.15) is 22.1 Å². The number of nitrogens with one attached hydrogen (secondary N) is 1. The number of para-hydroxylation sites is 2. The number of carbonyl (C=O) groups is 2. The fourth-order valence-electron chi connectivity index (χ4n) is 2.26. The molecule has 1 aromatic heterocycles. The largest absolute Gasteiger partial charge is 0.483 e. The summed E-state index contributed by atoms with van der Waals surface area (Å²) in [5.41, 5.74) is 0.163. The molecule has 3 aromatic rings. The smallest absolute Gasteiger partial charge is 0.342 e. The molecule has 3 rings (SSSR count). The number of halogens is 1. The van der Waals surface area contributed by atoms with Crippen LogP contribution in [0.2, 0.25) is 0 Å². The van der Waals surface area contributed by atoms with Gasteiger partial charge in [-0.25, -0.2) is 9.18 Å². The lowest BCUT2D eigenvalue weighted by Gasteiger charge is -2.11. The van der Waals surface area contributed by atoms with Crippen molar-refractivity contribution in [2.45, 2.75) is 13.5 Å². The van der Waals surface area contributed by atoms with Crippen molar-refractivity contribution >= 4 is 17.6 Å². The van der Waals surface area contributed by atoms with E-state index in [1.54, 1.807) is 25.1 Å². The molecule has 28 heavy (non-hydrogen) atoms. The van der Waals surface area contributed by atoms with Crippen LogP contribution in [0.15, 0.2) is 53.1 Å². The maximum absolute atomic E-state index is 13.6. The molecule has 0 aliphatic heterocycles. The van der Waals surface area contributed by atoms with Crippen molar-refractivity contribution in [2.24, 2.45) is 0 Å². The fraction of sp³-hybridized carbons (Fsp3) is 0.158. The highest BCUT2D eigenvalue weighted by Crippen LogP contribution is 2.20. The third kappa shape index (κ3) is 4.91. The number of ether oxygens (including phenoxy) is 2. The topological polar surface area (TPSA) is 104 Å². The number of nitrogens with zero attached hydrogens (tertiary/aromatic N) is 2. The number of rotatable bonds is 7. The van der Waals surface area contributed by atoms with E-state index in [2.05, 4.69) is 15.5 Å². The van der Waals surface area contributed by atoms with E-state index in [-0.39, 0.29) is 29.5 Å². The van der Waals surface area contributed by atoms with Crippen LogP contribution in [0.25, 0.3) is 0 Å². The first-order valence-electron chi connectivity index (χ1n) is 8.25. The molecule has 8 nitrogen and oxygen atoms in total. The molecule has 2 aromatic carbocycles. The van der Waals surface area contributed by atoms with Crippen molar-refractivity contribution in [3.05, 3.63) is 71.6 Å². The van der Waals surface area contributed by atoms with E-state index in [9.17, 15) is 14.0 Å². The van der Waals surface area contributed by atoms with Crippen molar-refractivity contribution in [1.82, 2.24) is 10.1 Å². The van der Waals surface area contributed by atoms with Crippen molar-refractivity contribution in [2.75, 3.05) is 11.9 Å². The summed E-state index contributed by atoms with van der Waals surface area (Å²) in [6, 6.07) is 12.0. The number of anilines is 1. The molecule has 9 heteroatoms. The van der Waals surface area contributed by atoms with Gasteiger partial charge in [-0.1, -0.05) is 29.4 Å². The second-order valence-electron chi connectivity index (χ2n) is 5.62. The lowest BCUT2D eigenvalue weighted by molar-refractivity contribution is -0.118. The van der Waals surface area contributed by atoms with E-state index >= 15 is 0 Å². The number of hydrogen-bond donors (Lipinski definition) is 1. The number of aryl methyl sites for hydroxylation is 1. The van der Waals surface area contributed by atoms with Crippen LogP contribution in [0.3, 0.4) is 0 Å². The number of aromatic nitrogens is 2. The van der Waals surface area contributed by atoms with Gasteiger partial charge >= 0.3 is 5.97 Å². The van der Waals surface area contributed by atoms with Crippen molar-refractivity contribution < 1.29 is 28.0 Å². The van der Waals surface area contributed by atoms with Gasteiger partial charge < -0.3 is 19.3 Å². The van der Waals surface area contributed by atoms with Gasteiger partial charge in [0.15, 0.2) is 19.0 Å². The summed E-state index contributed by atoms with van der Waals surface area (Å²) in [6.45, 7) is 1.04. The summed E-state index contributed by atoms with van der Waals surface area (Å²) in [5, 5.41) is 6.00. The second-order valence-corrected chi connectivity index (χ2v) is 5.62. The summed E-state index contributed by atoms with van der Waals surface area (Å²) in [5.74, 6) is -1.08. The SMILES string of the molecule is Cc1noc(COC(=O)c2ccccc2OCC(=O)Nc2ccccc2F)n1. The van der Waals surface area contributed by atoms with Crippen molar-refractivity contribution in [3.8, 4) is 5.75 Å². The summed E-state index contributed by atoms with van der Waals surface area (Å²) in [7, 11) is 0. The number of amides is 1. The molecule has 0 radical (unpaired) electrons. The van der Waals surface area contributed by atoms with Gasteiger partial charge in [-0.05, 0) is 31.2 Å². The number of carbonyl (C=O) groups excluding carboxylic acids is 2. The molecule has 0 fully saturated rings. The Morgan fingerprint density at radius 3 is 2.64 bits per heavy atom. The Kier molecular flexibility index (Phi) is 5.95. The summed E-state index contributed by atoms with van der Waals surface area (Å²) in [4.78, 5) is 28.2. The molecule has 0 saturated heterocycles. The average molecular weight is 385 g/mol. The highest BCUT2D eigenvalue weighted by Gasteiger charge is 2.16. The molecule has 1 heterocycles. The van der Waals surface area contributed by atoms with Gasteiger partial charge in [-0.2, -0.15) is 4.98 Å². The highest BCUT2D eigenvalue weighted by molar-refractivity contribution is 5.94. The van der Waals surface area contributed by atoms with Gasteiger partial charge in [0, 0.05) is 0 Å². The third-order valence-corrected chi connectivity index (χ3v) is 3.51. The lowest BCUT2D eigenvalue weighted by Crippen LogP contribution is -2.21. The maximum atomic E-state index is 13.6. The zero-order chi connectivity index (χ0) is 19.9. The molecule has 0 saturated carbocycles. The highest BCUT2D eigenvalue weighted by atomic mass is 19.1. The number of benzene rings is 2. The molecule has 0 aliphatic carbocycles. The predicted molar refractivity (Wildman–Crippen MR) is 95.1 cm³/mol. The minimum Gasteiger partial charge on any atom is -0.483 e. The van der Waals surface area contributed by atoms with Gasteiger partial charge in [-0.15, -0.1) is 0 Å². The molecular formula is C19H16FN3O5. The van der Waals surface area contributed by atoms with E-state index in [4.69, 9.17) is 14.0 Å². The van der Waals surface area contributed by atoms with E-state index < -0.39 is 24.3 Å². The van der Waals surface area contributed by atoms with Crippen molar-refractivity contribution in [1.29, 1.82) is 0 Å². The van der Waals surface area contributed by atoms with Crippen LogP contribution >= 0.6 is 0 Å². The van der Waals surface area contributed by atoms with Crippen LogP contribution in [-0.4, -0.2) is 28.6 Å². The van der Waals surface area contributed by atoms with E-state index in [0.717, 1.165) is 0 Å². The summed E-state index contributed by atoms with van der Waals surface area (Å²) in [6.07, 6.45) is 0. The first-order chi connectivity index (χ1) is 13.5. The quantitative estimate of drug-likeness (QED) is 0.624. The predicted octanol–water partition coefficient (Wildman–Crippen LogP) is 2.89. The number of esters is 1. The molecule has 0 atom stereocenters. The number of hydrogen-bond acceptors (Lipinski definition) is 7. The zero-order valence-electron chi connectivity index (χ0n) is 14.8. The van der Waals surface area contributed by atoms with Gasteiger partial charge in [-0.3, -0.25) is 4.79 Å². The van der Waals surface area contributed by atoms with Crippen LogP contribution in [0.5, 0.6) is 5.75 Å². The Balaban J connectivity index is 1.59. The van der Waals surface area contributed by atoms with Gasteiger partial charge in [0.05, 0.1) is 5.69 Å². The third-order valence-electron chi connectivity index (χ3n) is 3.51. The normalized spacial score (nSPS) is 10.4. The molecular weight excluding hydrogens is 369 g/mol. The Hall–Kier alpha value is -3.75. The zero-order valence-corrected chi connectivity index (χ0v) is 14.8. The van der Waals surface area contributed by atoms with E-state index in [1.165, 1.54) is 30.3 Å². The monoisotopic (exact) mass is 385 g/mol. The summed E-state index contributed by atoms with van der Waals surface area (Å²) < 4.78 is 29.0. The van der Waals surface area contributed by atoms with E-state index in [1.807, 2.05) is 0 Å². The minimum atomic E-state index is -0.680. The Bertz CT molecular complexity index is 989. The Morgan fingerprint density at radius 1 is 1.14 bits per heavy atom. The Morgan fingerprint density at radius 2 is 1.89 bits per heavy atom. The van der Waals surface area contributed by atoms with Crippen LogP contribution in [-0.2, 0) is 16.1 Å². The standard InChI is InChI=1S/C19H16FN3O5/c1-12-21-18(28-23-12)11-27-19(25)13-6-2-5-9-16(13)26-10-17(24)22-15-8-4-3-7-14(15)20/h2-9H,10-11H2,1H3,(H,22,24). The molecule has 1 amide bonds. The van der Waals surface area contributed by atoms with E-state index in [0.29, 0.717) is 5.82 Å². The minimum absolute atomic E-state index is 0.0404. The average Bonchev–Trinajstić information content (AvgIpc) is 3.12. The van der Waals surface area contributed by atoms with Crippen LogP contribution < -0.4 is 10.1 Å². The summed E-state index contributed by atoms with van der Waals surface area (Å²) >= 11 is 0. The molecule has 1 N–H and O–H groups in total. The maximum Gasteiger partial charge on any atom is 0.342 e. The second kappa shape index (κ2) is 8.76. The van der Waals surface area contributed by atoms with Gasteiger partial charge in [0.25, 0.3) is 11.8 Å². The first-order valence-corrected chi connectivity index (χ1v) is 8.25. The van der Waals surface area contributed by atoms with Crippen LogP contribution in [0, 0.1) is 12.7 Å². The molecule has 0 spiro atoms. The lowest BCUT2D eigenvalue weighted by atomic mass is 10.2. The van der Waals surface area contributed by atoms with Crippen molar-refractivity contribution in [3.63, 3.8) is 0 Å². The van der Waals surface area contributed by atoms with Crippen LogP contribution in [0.4, 0.5) is 10.1 Å². The molecule has 144 valence electrons. The molecule has 0 bridgehead atoms. The van der Waals surface area contributed by atoms with Gasteiger partial charge in [0.1, 0.15) is 17.1 Å². The first kappa shape index (κ1) is 19.0. The Labute approximate surface area is 159 Å². The molecule has 0 aliphatic rings.